The van der Waals surface area contributed by atoms with Crippen molar-refractivity contribution in [1.29, 1.82) is 0 Å². The van der Waals surface area contributed by atoms with Gasteiger partial charge in [0.05, 0.1) is 8.96 Å². The summed E-state index contributed by atoms with van der Waals surface area (Å²) >= 11 is 6.40. The van der Waals surface area contributed by atoms with E-state index in [2.05, 4.69) is 31.9 Å². The van der Waals surface area contributed by atoms with Crippen LogP contribution in [0.15, 0.2) is 21.1 Å². The number of hydrogen-bond acceptors (Lipinski definition) is 3. The molecular formula is C12H14Br2O3. The molecule has 0 saturated carbocycles. The van der Waals surface area contributed by atoms with E-state index >= 15 is 0 Å². The van der Waals surface area contributed by atoms with E-state index < -0.39 is 5.60 Å². The molecule has 0 amide bonds. The molecule has 17 heavy (non-hydrogen) atoms. The van der Waals surface area contributed by atoms with E-state index in [-0.39, 0.29) is 11.8 Å². The molecule has 5 heteroatoms. The first-order valence-electron chi connectivity index (χ1n) is 5.47. The summed E-state index contributed by atoms with van der Waals surface area (Å²) in [7, 11) is 0. The molecule has 0 spiro atoms. The van der Waals surface area contributed by atoms with Gasteiger partial charge in [0.2, 0.25) is 5.78 Å². The number of hydrogen-bond donors (Lipinski definition) is 0. The van der Waals surface area contributed by atoms with Crippen LogP contribution < -0.4 is 0 Å². The molecule has 0 radical (unpaired) electrons. The second-order valence-corrected chi connectivity index (χ2v) is 5.55. The van der Waals surface area contributed by atoms with Crippen LogP contribution in [-0.2, 0) is 14.3 Å². The van der Waals surface area contributed by atoms with Gasteiger partial charge in [-0.2, -0.15) is 0 Å². The van der Waals surface area contributed by atoms with Gasteiger partial charge in [0, 0.05) is 6.42 Å². The molecule has 1 rings (SSSR count). The maximum absolute atomic E-state index is 11.6. The van der Waals surface area contributed by atoms with Crippen molar-refractivity contribution in [2.24, 2.45) is 0 Å². The molecule has 1 aliphatic rings. The molecule has 0 saturated heterocycles. The van der Waals surface area contributed by atoms with E-state index in [4.69, 9.17) is 4.74 Å². The normalized spacial score (nSPS) is 18.5. The fraction of sp³-hybridized carbons (Fsp3) is 0.500. The zero-order valence-electron chi connectivity index (χ0n) is 9.76. The van der Waals surface area contributed by atoms with Crippen molar-refractivity contribution in [3.05, 3.63) is 21.1 Å². The monoisotopic (exact) mass is 364 g/mol. The fourth-order valence-electron chi connectivity index (χ4n) is 1.64. The van der Waals surface area contributed by atoms with Crippen LogP contribution in [0.2, 0.25) is 0 Å². The van der Waals surface area contributed by atoms with Gasteiger partial charge in [-0.25, -0.2) is 0 Å². The molecule has 0 aromatic carbocycles. The number of esters is 1. The third kappa shape index (κ3) is 3.52. The summed E-state index contributed by atoms with van der Waals surface area (Å²) in [5, 5.41) is 0. The average molecular weight is 366 g/mol. The van der Waals surface area contributed by atoms with Crippen LogP contribution in [0.5, 0.6) is 0 Å². The molecule has 0 aromatic rings. The van der Waals surface area contributed by atoms with E-state index in [1.807, 2.05) is 6.92 Å². The highest BCUT2D eigenvalue weighted by Crippen LogP contribution is 2.35. The van der Waals surface area contributed by atoms with Gasteiger partial charge in [0.25, 0.3) is 0 Å². The summed E-state index contributed by atoms with van der Waals surface area (Å²) in [6.07, 6.45) is 5.14. The zero-order valence-corrected chi connectivity index (χ0v) is 12.9. The summed E-state index contributed by atoms with van der Waals surface area (Å²) in [6, 6.07) is 0. The van der Waals surface area contributed by atoms with Crippen molar-refractivity contribution in [2.75, 3.05) is 0 Å². The minimum absolute atomic E-state index is 0.135. The number of Topliss-reactive ketones (excluding diaryl/α,β-unsaturated/α-hetero) is 1. The van der Waals surface area contributed by atoms with Crippen LogP contribution in [0.4, 0.5) is 0 Å². The molecular weight excluding hydrogens is 352 g/mol. The standard InChI is InChI=1S/C12H14Br2O3/c1-3-5-12(17-10(15)4-2)6-8(13)11(16)9(14)7-12/h6-7H,3-5H2,1-2H3. The molecule has 0 bridgehead atoms. The van der Waals surface area contributed by atoms with Gasteiger partial charge < -0.3 is 4.74 Å². The molecule has 0 atom stereocenters. The summed E-state index contributed by atoms with van der Waals surface area (Å²) < 4.78 is 6.29. The van der Waals surface area contributed by atoms with Gasteiger partial charge in [-0.15, -0.1) is 0 Å². The fourth-order valence-corrected chi connectivity index (χ4v) is 3.11. The first-order chi connectivity index (χ1) is 7.94. The summed E-state index contributed by atoms with van der Waals surface area (Å²) in [6.45, 7) is 3.74. The van der Waals surface area contributed by atoms with Crippen molar-refractivity contribution < 1.29 is 14.3 Å². The SMILES string of the molecule is CCCC1(OC(=O)CC)C=C(Br)C(=O)C(Br)=C1. The Morgan fingerprint density at radius 1 is 1.29 bits per heavy atom. The van der Waals surface area contributed by atoms with E-state index in [0.29, 0.717) is 21.8 Å². The lowest BCUT2D eigenvalue weighted by molar-refractivity contribution is -0.152. The van der Waals surface area contributed by atoms with Crippen LogP contribution in [0, 0.1) is 0 Å². The van der Waals surface area contributed by atoms with Crippen LogP contribution in [0.25, 0.3) is 0 Å². The predicted molar refractivity (Wildman–Crippen MR) is 73.0 cm³/mol. The van der Waals surface area contributed by atoms with Crippen LogP contribution in [-0.4, -0.2) is 17.4 Å². The van der Waals surface area contributed by atoms with Gasteiger partial charge in [0.1, 0.15) is 0 Å². The number of carbonyl (C=O) groups excluding carboxylic acids is 2. The first-order valence-corrected chi connectivity index (χ1v) is 7.06. The molecule has 0 N–H and O–H groups in total. The van der Waals surface area contributed by atoms with E-state index in [0.717, 1.165) is 6.42 Å². The second kappa shape index (κ2) is 5.96. The highest BCUT2D eigenvalue weighted by molar-refractivity contribution is 9.13. The number of ketones is 1. The third-order valence-corrected chi connectivity index (χ3v) is 3.59. The van der Waals surface area contributed by atoms with Crippen molar-refractivity contribution in [2.45, 2.75) is 38.7 Å². The van der Waals surface area contributed by atoms with Crippen LogP contribution in [0.3, 0.4) is 0 Å². The Kier molecular flexibility index (Phi) is 5.13. The Bertz CT molecular complexity index is 375. The van der Waals surface area contributed by atoms with E-state index in [9.17, 15) is 9.59 Å². The molecule has 0 heterocycles. The lowest BCUT2D eigenvalue weighted by Gasteiger charge is -2.30. The molecule has 0 fully saturated rings. The van der Waals surface area contributed by atoms with Crippen molar-refractivity contribution in [1.82, 2.24) is 0 Å². The molecule has 94 valence electrons. The van der Waals surface area contributed by atoms with E-state index in [1.54, 1.807) is 19.1 Å². The quantitative estimate of drug-likeness (QED) is 0.714. The van der Waals surface area contributed by atoms with Gasteiger partial charge >= 0.3 is 5.97 Å². The minimum atomic E-state index is -0.812. The maximum atomic E-state index is 11.6. The Morgan fingerprint density at radius 3 is 2.24 bits per heavy atom. The van der Waals surface area contributed by atoms with Crippen LogP contribution >= 0.6 is 31.9 Å². The molecule has 0 aliphatic heterocycles. The minimum Gasteiger partial charge on any atom is -0.450 e. The Morgan fingerprint density at radius 2 is 1.82 bits per heavy atom. The van der Waals surface area contributed by atoms with E-state index in [1.165, 1.54) is 0 Å². The number of carbonyl (C=O) groups is 2. The number of halogens is 2. The highest BCUT2D eigenvalue weighted by Gasteiger charge is 2.35. The average Bonchev–Trinajstić information content (AvgIpc) is 2.26. The summed E-state index contributed by atoms with van der Waals surface area (Å²) in [5.41, 5.74) is -0.812. The molecule has 1 aliphatic carbocycles. The Hall–Kier alpha value is -0.420. The zero-order chi connectivity index (χ0) is 13.1. The van der Waals surface area contributed by atoms with Gasteiger partial charge in [-0.05, 0) is 50.4 Å². The van der Waals surface area contributed by atoms with Gasteiger partial charge in [0.15, 0.2) is 5.60 Å². The predicted octanol–water partition coefficient (Wildman–Crippen LogP) is 3.62. The largest absolute Gasteiger partial charge is 0.450 e. The topological polar surface area (TPSA) is 43.4 Å². The first kappa shape index (κ1) is 14.6. The van der Waals surface area contributed by atoms with Crippen molar-refractivity contribution in [3.63, 3.8) is 0 Å². The summed E-state index contributed by atoms with van der Waals surface area (Å²) in [5.74, 6) is -0.412. The maximum Gasteiger partial charge on any atom is 0.306 e. The van der Waals surface area contributed by atoms with Crippen molar-refractivity contribution >= 4 is 43.6 Å². The summed E-state index contributed by atoms with van der Waals surface area (Å²) in [4.78, 5) is 23.1. The number of allylic oxidation sites excluding steroid dienone is 2. The Balaban J connectivity index is 3.08. The van der Waals surface area contributed by atoms with Gasteiger partial charge in [-0.3, -0.25) is 9.59 Å². The third-order valence-electron chi connectivity index (χ3n) is 2.41. The smallest absolute Gasteiger partial charge is 0.306 e. The molecule has 0 unspecified atom stereocenters. The number of rotatable bonds is 4. The lowest BCUT2D eigenvalue weighted by Crippen LogP contribution is -2.34. The highest BCUT2D eigenvalue weighted by atomic mass is 79.9. The van der Waals surface area contributed by atoms with Crippen LogP contribution in [0.1, 0.15) is 33.1 Å². The van der Waals surface area contributed by atoms with Gasteiger partial charge in [-0.1, -0.05) is 20.3 Å². The molecule has 0 aromatic heterocycles. The number of ether oxygens (including phenoxy) is 1. The van der Waals surface area contributed by atoms with Crippen molar-refractivity contribution in [3.8, 4) is 0 Å². The molecule has 3 nitrogen and oxygen atoms in total. The Labute approximate surface area is 118 Å². The second-order valence-electron chi connectivity index (χ2n) is 3.85. The lowest BCUT2D eigenvalue weighted by atomic mass is 9.92.